The molecule has 10 heteroatoms. The van der Waals surface area contributed by atoms with Crippen LogP contribution in [0, 0.1) is 0 Å². The van der Waals surface area contributed by atoms with E-state index >= 15 is 0 Å². The van der Waals surface area contributed by atoms with Crippen LogP contribution in [0.3, 0.4) is 0 Å². The van der Waals surface area contributed by atoms with Gasteiger partial charge in [-0.3, -0.25) is 9.79 Å². The van der Waals surface area contributed by atoms with E-state index in [0.29, 0.717) is 16.5 Å². The van der Waals surface area contributed by atoms with Gasteiger partial charge in [-0.05, 0) is 35.9 Å². The van der Waals surface area contributed by atoms with Crippen LogP contribution in [-0.4, -0.2) is 49.4 Å². The average Bonchev–Trinajstić information content (AvgIpc) is 3.16. The first kappa shape index (κ1) is 21.0. The second kappa shape index (κ2) is 8.49. The number of thioether (sulfide) groups is 1. The third-order valence-corrected chi connectivity index (χ3v) is 8.26. The zero-order chi connectivity index (χ0) is 21.3. The molecule has 7 nitrogen and oxygen atoms in total. The van der Waals surface area contributed by atoms with Crippen LogP contribution in [0.4, 0.5) is 11.4 Å². The van der Waals surface area contributed by atoms with Gasteiger partial charge < -0.3 is 15.4 Å². The number of carbonyl (C=O) groups is 1. The number of carbonyl (C=O) groups excluding carboxylic acids is 1. The van der Waals surface area contributed by atoms with Crippen molar-refractivity contribution in [2.75, 3.05) is 29.2 Å². The molecule has 2 aliphatic rings. The van der Waals surface area contributed by atoms with Crippen LogP contribution in [-0.2, 0) is 21.1 Å². The Morgan fingerprint density at radius 3 is 2.60 bits per heavy atom. The van der Waals surface area contributed by atoms with Crippen molar-refractivity contribution in [3.05, 3.63) is 53.1 Å². The van der Waals surface area contributed by atoms with E-state index in [2.05, 4.69) is 15.6 Å². The third-order valence-electron chi connectivity index (χ3n) is 4.82. The molecule has 0 aliphatic carbocycles. The van der Waals surface area contributed by atoms with E-state index in [1.165, 1.54) is 18.9 Å². The average molecular weight is 466 g/mol. The Bertz CT molecular complexity index is 1100. The SMILES string of the molecule is COc1ccc(NC(=O)Cc2ccc(NC3=NC4CS(=O)(=O)CC4S3)cc2)cc1Cl. The van der Waals surface area contributed by atoms with Gasteiger partial charge in [0, 0.05) is 16.6 Å². The standard InChI is InChI=1S/C20H20ClN3O4S2/c1-28-17-7-6-14(9-15(17)21)22-19(25)8-12-2-4-13(5-3-12)23-20-24-16-10-30(26,27)11-18(16)29-20/h2-7,9,16,18H,8,10-11H2,1H3,(H,22,25)(H,23,24). The van der Waals surface area contributed by atoms with Crippen molar-refractivity contribution in [3.63, 3.8) is 0 Å². The number of hydrogen-bond acceptors (Lipinski definition) is 7. The highest BCUT2D eigenvalue weighted by Gasteiger charge is 2.42. The number of anilines is 2. The largest absolute Gasteiger partial charge is 0.495 e. The van der Waals surface area contributed by atoms with Crippen molar-refractivity contribution in [3.8, 4) is 5.75 Å². The molecule has 2 unspecified atom stereocenters. The van der Waals surface area contributed by atoms with E-state index in [0.717, 1.165) is 16.4 Å². The number of methoxy groups -OCH3 is 1. The molecule has 0 spiro atoms. The van der Waals surface area contributed by atoms with Crippen molar-refractivity contribution < 1.29 is 17.9 Å². The molecule has 2 aromatic rings. The number of sulfone groups is 1. The van der Waals surface area contributed by atoms with E-state index in [-0.39, 0.29) is 35.1 Å². The molecule has 0 bridgehead atoms. The van der Waals surface area contributed by atoms with Crippen LogP contribution < -0.4 is 15.4 Å². The summed E-state index contributed by atoms with van der Waals surface area (Å²) in [6.45, 7) is 0. The lowest BCUT2D eigenvalue weighted by Crippen LogP contribution is -2.14. The molecule has 1 amide bonds. The predicted octanol–water partition coefficient (Wildman–Crippen LogP) is 3.21. The molecule has 158 valence electrons. The minimum atomic E-state index is -2.95. The normalized spacial score (nSPS) is 21.6. The van der Waals surface area contributed by atoms with Crippen LogP contribution in [0.25, 0.3) is 0 Å². The van der Waals surface area contributed by atoms with Crippen LogP contribution in [0.2, 0.25) is 5.02 Å². The van der Waals surface area contributed by atoms with Gasteiger partial charge in [-0.2, -0.15) is 0 Å². The molecule has 2 aromatic carbocycles. The fourth-order valence-electron chi connectivity index (χ4n) is 3.38. The quantitative estimate of drug-likeness (QED) is 0.703. The highest BCUT2D eigenvalue weighted by Crippen LogP contribution is 2.34. The molecule has 0 saturated carbocycles. The fourth-order valence-corrected chi connectivity index (χ4v) is 7.31. The van der Waals surface area contributed by atoms with Crippen molar-refractivity contribution >= 4 is 55.6 Å². The summed E-state index contributed by atoms with van der Waals surface area (Å²) in [6.07, 6.45) is 0.224. The number of ether oxygens (including phenoxy) is 1. The first-order valence-corrected chi connectivity index (χ1v) is 12.3. The Labute approximate surface area is 184 Å². The van der Waals surface area contributed by atoms with Crippen molar-refractivity contribution in [2.45, 2.75) is 17.7 Å². The van der Waals surface area contributed by atoms with Crippen LogP contribution in [0.5, 0.6) is 5.75 Å². The number of aliphatic imine (C=N–C) groups is 1. The van der Waals surface area contributed by atoms with E-state index in [1.54, 1.807) is 18.2 Å². The Hall–Kier alpha value is -2.23. The molecule has 1 saturated heterocycles. The summed E-state index contributed by atoms with van der Waals surface area (Å²) in [7, 11) is -1.42. The maximum Gasteiger partial charge on any atom is 0.228 e. The first-order chi connectivity index (χ1) is 14.3. The van der Waals surface area contributed by atoms with Gasteiger partial charge in [0.15, 0.2) is 15.0 Å². The summed E-state index contributed by atoms with van der Waals surface area (Å²) in [4.78, 5) is 16.8. The van der Waals surface area contributed by atoms with Crippen LogP contribution in [0.15, 0.2) is 47.5 Å². The highest BCUT2D eigenvalue weighted by atomic mass is 35.5. The Morgan fingerprint density at radius 2 is 1.93 bits per heavy atom. The first-order valence-electron chi connectivity index (χ1n) is 9.25. The van der Waals surface area contributed by atoms with Gasteiger partial charge in [0.05, 0.1) is 36.1 Å². The lowest BCUT2D eigenvalue weighted by Gasteiger charge is -2.09. The van der Waals surface area contributed by atoms with Gasteiger partial charge >= 0.3 is 0 Å². The lowest BCUT2D eigenvalue weighted by molar-refractivity contribution is -0.115. The predicted molar refractivity (Wildman–Crippen MR) is 122 cm³/mol. The summed E-state index contributed by atoms with van der Waals surface area (Å²) in [6, 6.07) is 12.4. The summed E-state index contributed by atoms with van der Waals surface area (Å²) in [5, 5.41) is 7.22. The van der Waals surface area contributed by atoms with E-state index < -0.39 is 9.84 Å². The number of rotatable bonds is 5. The molecule has 30 heavy (non-hydrogen) atoms. The lowest BCUT2D eigenvalue weighted by atomic mass is 10.1. The molecular weight excluding hydrogens is 446 g/mol. The number of hydrogen-bond donors (Lipinski definition) is 2. The Balaban J connectivity index is 1.32. The summed E-state index contributed by atoms with van der Waals surface area (Å²) < 4.78 is 28.4. The second-order valence-corrected chi connectivity index (χ2v) is 10.9. The highest BCUT2D eigenvalue weighted by molar-refractivity contribution is 8.15. The number of amidine groups is 1. The van der Waals surface area contributed by atoms with Crippen LogP contribution in [0.1, 0.15) is 5.56 Å². The van der Waals surface area contributed by atoms with Crippen molar-refractivity contribution in [1.29, 1.82) is 0 Å². The molecule has 2 heterocycles. The van der Waals surface area contributed by atoms with Crippen molar-refractivity contribution in [1.82, 2.24) is 0 Å². The number of benzene rings is 2. The number of nitrogens with zero attached hydrogens (tertiary/aromatic N) is 1. The number of amides is 1. The monoisotopic (exact) mass is 465 g/mol. The van der Waals surface area contributed by atoms with Gasteiger partial charge in [0.2, 0.25) is 5.91 Å². The summed E-state index contributed by atoms with van der Waals surface area (Å²) in [5.74, 6) is 0.711. The van der Waals surface area contributed by atoms with Crippen LogP contribution >= 0.6 is 23.4 Å². The third kappa shape index (κ3) is 4.91. The minimum Gasteiger partial charge on any atom is -0.495 e. The molecule has 2 aliphatic heterocycles. The molecule has 2 atom stereocenters. The fraction of sp³-hybridized carbons (Fsp3) is 0.300. The maximum absolute atomic E-state index is 12.3. The zero-order valence-electron chi connectivity index (χ0n) is 16.1. The number of halogens is 1. The summed E-state index contributed by atoms with van der Waals surface area (Å²) in [5.41, 5.74) is 2.31. The van der Waals surface area contributed by atoms with Gasteiger partial charge in [-0.25, -0.2) is 8.42 Å². The topological polar surface area (TPSA) is 96.9 Å². The van der Waals surface area contributed by atoms with E-state index in [1.807, 2.05) is 24.3 Å². The molecule has 1 fully saturated rings. The number of fused-ring (bicyclic) bond motifs is 1. The zero-order valence-corrected chi connectivity index (χ0v) is 18.5. The molecular formula is C20H20ClN3O4S2. The molecule has 0 aromatic heterocycles. The molecule has 4 rings (SSSR count). The maximum atomic E-state index is 12.3. The molecule has 2 N–H and O–H groups in total. The summed E-state index contributed by atoms with van der Waals surface area (Å²) >= 11 is 7.55. The Kier molecular flexibility index (Phi) is 5.95. The minimum absolute atomic E-state index is 0.00641. The van der Waals surface area contributed by atoms with E-state index in [9.17, 15) is 13.2 Å². The Morgan fingerprint density at radius 1 is 1.20 bits per heavy atom. The number of nitrogens with one attached hydrogen (secondary N) is 2. The molecule has 0 radical (unpaired) electrons. The van der Waals surface area contributed by atoms with Gasteiger partial charge in [0.1, 0.15) is 5.75 Å². The van der Waals surface area contributed by atoms with Gasteiger partial charge in [-0.15, -0.1) is 0 Å². The van der Waals surface area contributed by atoms with Gasteiger partial charge in [0.25, 0.3) is 0 Å². The van der Waals surface area contributed by atoms with Gasteiger partial charge in [-0.1, -0.05) is 35.5 Å². The second-order valence-electron chi connectivity index (χ2n) is 7.13. The van der Waals surface area contributed by atoms with E-state index in [4.69, 9.17) is 16.3 Å². The van der Waals surface area contributed by atoms with Crippen molar-refractivity contribution in [2.24, 2.45) is 4.99 Å². The smallest absolute Gasteiger partial charge is 0.228 e.